The lowest BCUT2D eigenvalue weighted by molar-refractivity contribution is 0.106. The zero-order valence-corrected chi connectivity index (χ0v) is 8.16. The number of hydrogen-bond acceptors (Lipinski definition) is 3. The van der Waals surface area contributed by atoms with Gasteiger partial charge in [0.25, 0.3) is 0 Å². The van der Waals surface area contributed by atoms with Crippen molar-refractivity contribution >= 4 is 11.5 Å². The smallest absolute Gasteiger partial charge is 0.211 e. The number of carbonyl (C=O) groups excluding carboxylic acids is 1. The Morgan fingerprint density at radius 3 is 2.50 bits per heavy atom. The van der Waals surface area contributed by atoms with Crippen LogP contribution >= 0.6 is 0 Å². The van der Waals surface area contributed by atoms with E-state index in [2.05, 4.69) is 5.16 Å². The fourth-order valence-electron chi connectivity index (χ4n) is 1.89. The maximum Gasteiger partial charge on any atom is 0.211 e. The molecule has 1 aliphatic carbocycles. The summed E-state index contributed by atoms with van der Waals surface area (Å²) < 4.78 is 0. The number of fused-ring (bicyclic) bond motifs is 1. The molecule has 0 bridgehead atoms. The zero-order valence-electron chi connectivity index (χ0n) is 8.16. The lowest BCUT2D eigenvalue weighted by Crippen LogP contribution is -2.07. The lowest BCUT2D eigenvalue weighted by atomic mass is 10.00. The Hall–Kier alpha value is -1.64. The molecule has 0 heterocycles. The van der Waals surface area contributed by atoms with Gasteiger partial charge in [0.15, 0.2) is 0 Å². The number of Topliss-reactive ketones (excluding diaryl/α,β-unsaturated/α-hetero) is 1. The summed E-state index contributed by atoms with van der Waals surface area (Å²) in [6, 6.07) is 3.91. The molecule has 1 aliphatic rings. The average Bonchev–Trinajstić information content (AvgIpc) is 2.51. The van der Waals surface area contributed by atoms with Crippen LogP contribution in [0.3, 0.4) is 0 Å². The molecule has 1 aromatic rings. The van der Waals surface area contributed by atoms with Gasteiger partial charge in [-0.15, -0.1) is 0 Å². The van der Waals surface area contributed by atoms with E-state index < -0.39 is 0 Å². The highest BCUT2D eigenvalue weighted by atomic mass is 16.4. The molecule has 0 radical (unpaired) electrons. The largest absolute Gasteiger partial charge is 0.411 e. The van der Waals surface area contributed by atoms with E-state index in [-0.39, 0.29) is 11.5 Å². The number of hydrogen-bond donors (Lipinski definition) is 1. The molecule has 14 heavy (non-hydrogen) atoms. The van der Waals surface area contributed by atoms with Gasteiger partial charge in [0.05, 0.1) is 0 Å². The van der Waals surface area contributed by atoms with Gasteiger partial charge in [-0.3, -0.25) is 4.79 Å². The van der Waals surface area contributed by atoms with Crippen LogP contribution in [-0.2, 0) is 6.42 Å². The van der Waals surface area contributed by atoms with E-state index in [1.165, 1.54) is 0 Å². The van der Waals surface area contributed by atoms with Crippen molar-refractivity contribution in [2.45, 2.75) is 20.3 Å². The number of nitrogens with zero attached hydrogens (tertiary/aromatic N) is 1. The molecule has 1 aromatic carbocycles. The maximum atomic E-state index is 11.7. The van der Waals surface area contributed by atoms with Crippen LogP contribution in [0.5, 0.6) is 0 Å². The van der Waals surface area contributed by atoms with Crippen molar-refractivity contribution in [2.75, 3.05) is 0 Å². The third-order valence-corrected chi connectivity index (χ3v) is 2.71. The molecule has 0 aromatic heterocycles. The predicted octanol–water partition coefficient (Wildman–Crippen LogP) is 1.87. The number of carbonyl (C=O) groups is 1. The van der Waals surface area contributed by atoms with Gasteiger partial charge in [0.2, 0.25) is 5.78 Å². The first-order valence-corrected chi connectivity index (χ1v) is 4.50. The summed E-state index contributed by atoms with van der Waals surface area (Å²) in [5.41, 5.74) is 4.00. The molecule has 3 nitrogen and oxygen atoms in total. The van der Waals surface area contributed by atoms with E-state index in [9.17, 15) is 4.79 Å². The molecule has 0 amide bonds. The number of benzene rings is 1. The van der Waals surface area contributed by atoms with Gasteiger partial charge in [-0.2, -0.15) is 0 Å². The first-order valence-electron chi connectivity index (χ1n) is 4.50. The SMILES string of the molecule is Cc1ccc(C)c2c1C/C(=N\O)C2=O. The molecule has 2 rings (SSSR count). The average molecular weight is 189 g/mol. The van der Waals surface area contributed by atoms with E-state index in [1.54, 1.807) is 0 Å². The Labute approximate surface area is 82.1 Å². The van der Waals surface area contributed by atoms with E-state index in [0.29, 0.717) is 6.42 Å². The molecular formula is C11H11NO2. The first-order chi connectivity index (χ1) is 6.65. The summed E-state index contributed by atoms with van der Waals surface area (Å²) in [5.74, 6) is -0.135. The van der Waals surface area contributed by atoms with E-state index in [0.717, 1.165) is 22.3 Å². The van der Waals surface area contributed by atoms with E-state index in [4.69, 9.17) is 5.21 Å². The van der Waals surface area contributed by atoms with Crippen LogP contribution in [0, 0.1) is 13.8 Å². The highest BCUT2D eigenvalue weighted by molar-refractivity contribution is 6.49. The third kappa shape index (κ3) is 1.05. The molecule has 72 valence electrons. The molecule has 0 saturated carbocycles. The fraction of sp³-hybridized carbons (Fsp3) is 0.273. The number of rotatable bonds is 0. The van der Waals surface area contributed by atoms with Gasteiger partial charge in [0, 0.05) is 12.0 Å². The summed E-state index contributed by atoms with van der Waals surface area (Å²) in [7, 11) is 0. The monoisotopic (exact) mass is 189 g/mol. The number of aryl methyl sites for hydroxylation is 2. The molecule has 0 atom stereocenters. The molecule has 0 spiro atoms. The summed E-state index contributed by atoms with van der Waals surface area (Å²) in [6.07, 6.45) is 0.457. The lowest BCUT2D eigenvalue weighted by Gasteiger charge is -2.04. The zero-order chi connectivity index (χ0) is 10.3. The van der Waals surface area contributed by atoms with Crippen molar-refractivity contribution < 1.29 is 10.0 Å². The minimum absolute atomic E-state index is 0.135. The van der Waals surface area contributed by atoms with Crippen LogP contribution in [0.2, 0.25) is 0 Å². The van der Waals surface area contributed by atoms with Crippen LogP contribution in [-0.4, -0.2) is 16.7 Å². The predicted molar refractivity (Wildman–Crippen MR) is 53.2 cm³/mol. The van der Waals surface area contributed by atoms with Crippen LogP contribution in [0.25, 0.3) is 0 Å². The standard InChI is InChI=1S/C11H11NO2/c1-6-3-4-7(2)10-8(6)5-9(12-14)11(10)13/h3-4,14H,5H2,1-2H3/b12-9+. The van der Waals surface area contributed by atoms with Gasteiger partial charge in [-0.05, 0) is 30.5 Å². The Balaban J connectivity index is 2.70. The second kappa shape index (κ2) is 2.94. The quantitative estimate of drug-likeness (QED) is 0.500. The summed E-state index contributed by atoms with van der Waals surface area (Å²) in [4.78, 5) is 11.7. The Morgan fingerprint density at radius 1 is 1.29 bits per heavy atom. The minimum atomic E-state index is -0.135. The van der Waals surface area contributed by atoms with E-state index in [1.807, 2.05) is 26.0 Å². The van der Waals surface area contributed by atoms with Crippen LogP contribution in [0.4, 0.5) is 0 Å². The molecule has 0 unspecified atom stereocenters. The normalized spacial score (nSPS) is 17.6. The van der Waals surface area contributed by atoms with Crippen molar-refractivity contribution in [3.05, 3.63) is 34.4 Å². The van der Waals surface area contributed by atoms with E-state index >= 15 is 0 Å². The fourth-order valence-corrected chi connectivity index (χ4v) is 1.89. The minimum Gasteiger partial charge on any atom is -0.411 e. The number of ketones is 1. The van der Waals surface area contributed by atoms with Gasteiger partial charge < -0.3 is 5.21 Å². The Bertz CT molecular complexity index is 447. The van der Waals surface area contributed by atoms with Crippen molar-refractivity contribution in [1.82, 2.24) is 0 Å². The first kappa shape index (κ1) is 8.94. The van der Waals surface area contributed by atoms with Gasteiger partial charge in [-0.1, -0.05) is 17.3 Å². The van der Waals surface area contributed by atoms with Crippen LogP contribution in [0.1, 0.15) is 27.0 Å². The van der Waals surface area contributed by atoms with Crippen molar-refractivity contribution in [3.63, 3.8) is 0 Å². The molecule has 1 N–H and O–H groups in total. The Morgan fingerprint density at radius 2 is 1.93 bits per heavy atom. The third-order valence-electron chi connectivity index (χ3n) is 2.71. The molecular weight excluding hydrogens is 178 g/mol. The molecule has 0 fully saturated rings. The topological polar surface area (TPSA) is 49.7 Å². The van der Waals surface area contributed by atoms with Crippen molar-refractivity contribution in [1.29, 1.82) is 0 Å². The van der Waals surface area contributed by atoms with Crippen molar-refractivity contribution in [2.24, 2.45) is 5.16 Å². The molecule has 0 aliphatic heterocycles. The summed E-state index contributed by atoms with van der Waals surface area (Å²) in [5, 5.41) is 11.7. The van der Waals surface area contributed by atoms with Crippen LogP contribution < -0.4 is 0 Å². The highest BCUT2D eigenvalue weighted by Gasteiger charge is 2.29. The second-order valence-corrected chi connectivity index (χ2v) is 3.61. The van der Waals surface area contributed by atoms with Gasteiger partial charge >= 0.3 is 0 Å². The summed E-state index contributed by atoms with van der Waals surface area (Å²) >= 11 is 0. The highest BCUT2D eigenvalue weighted by Crippen LogP contribution is 2.26. The van der Waals surface area contributed by atoms with Crippen molar-refractivity contribution in [3.8, 4) is 0 Å². The van der Waals surface area contributed by atoms with Gasteiger partial charge in [-0.25, -0.2) is 0 Å². The van der Waals surface area contributed by atoms with Gasteiger partial charge in [0.1, 0.15) is 5.71 Å². The molecule has 0 saturated heterocycles. The maximum absolute atomic E-state index is 11.7. The summed E-state index contributed by atoms with van der Waals surface area (Å²) in [6.45, 7) is 3.86. The number of oxime groups is 1. The molecule has 3 heteroatoms. The Kier molecular flexibility index (Phi) is 1.88. The van der Waals surface area contributed by atoms with Crippen LogP contribution in [0.15, 0.2) is 17.3 Å². The second-order valence-electron chi connectivity index (χ2n) is 3.61.